The van der Waals surface area contributed by atoms with Gasteiger partial charge in [-0.2, -0.15) is 24.9 Å². The molecule has 5 rings (SSSR count). The lowest BCUT2D eigenvalue weighted by molar-refractivity contribution is 0.631. The molecule has 0 aliphatic carbocycles. The molecule has 0 unspecified atom stereocenters. The van der Waals surface area contributed by atoms with E-state index in [0.29, 0.717) is 27.3 Å². The number of nitrogen functional groups attached to an aromatic ring is 1. The summed E-state index contributed by atoms with van der Waals surface area (Å²) in [5.41, 5.74) is 7.35. The van der Waals surface area contributed by atoms with Crippen molar-refractivity contribution in [1.29, 1.82) is 0 Å². The third-order valence-electron chi connectivity index (χ3n) is 4.33. The Morgan fingerprint density at radius 2 is 2.14 bits per heavy atom. The van der Waals surface area contributed by atoms with Crippen LogP contribution >= 0.6 is 22.7 Å². The molecule has 0 aliphatic rings. The zero-order valence-electron chi connectivity index (χ0n) is 14.4. The third kappa shape index (κ3) is 2.58. The van der Waals surface area contributed by atoms with Crippen molar-refractivity contribution in [3.63, 3.8) is 0 Å². The van der Waals surface area contributed by atoms with Gasteiger partial charge in [0.15, 0.2) is 10.8 Å². The second-order valence-electron chi connectivity index (χ2n) is 6.10. The molecule has 13 heteroatoms. The maximum absolute atomic E-state index is 13.8. The fraction of sp³-hybridized carbons (Fsp3) is 0.200. The van der Waals surface area contributed by atoms with E-state index in [0.717, 1.165) is 16.0 Å². The number of nitrogens with zero attached hydrogens (tertiary/aromatic N) is 7. The summed E-state index contributed by atoms with van der Waals surface area (Å²) in [6.45, 7) is 0.216. The van der Waals surface area contributed by atoms with Crippen LogP contribution in [0.1, 0.15) is 16.4 Å². The average molecular weight is 417 g/mol. The summed E-state index contributed by atoms with van der Waals surface area (Å²) in [6, 6.07) is 0. The zero-order chi connectivity index (χ0) is 19.4. The van der Waals surface area contributed by atoms with Gasteiger partial charge in [0, 0.05) is 18.9 Å². The Bertz CT molecular complexity index is 1380. The monoisotopic (exact) mass is 417 g/mol. The van der Waals surface area contributed by atoms with E-state index in [2.05, 4.69) is 30.5 Å². The van der Waals surface area contributed by atoms with E-state index >= 15 is 0 Å². The highest BCUT2D eigenvalue weighted by Crippen LogP contribution is 2.32. The summed E-state index contributed by atoms with van der Waals surface area (Å²) >= 11 is 2.20. The van der Waals surface area contributed by atoms with Gasteiger partial charge >= 0.3 is 0 Å². The number of aryl methyl sites for hydroxylation is 1. The van der Waals surface area contributed by atoms with Crippen LogP contribution in [0, 0.1) is 5.13 Å². The van der Waals surface area contributed by atoms with E-state index in [1.807, 2.05) is 0 Å². The quantitative estimate of drug-likeness (QED) is 0.450. The second kappa shape index (κ2) is 6.17. The van der Waals surface area contributed by atoms with Gasteiger partial charge in [-0.25, -0.2) is 14.6 Å². The lowest BCUT2D eigenvalue weighted by Crippen LogP contribution is -2.24. The van der Waals surface area contributed by atoms with Gasteiger partial charge in [-0.05, 0) is 0 Å². The van der Waals surface area contributed by atoms with Gasteiger partial charge < -0.3 is 10.3 Å². The number of nitrogens with one attached hydrogen (secondary N) is 1. The Kier molecular flexibility index (Phi) is 3.73. The molecule has 5 aromatic rings. The van der Waals surface area contributed by atoms with Crippen molar-refractivity contribution in [2.75, 3.05) is 5.73 Å². The van der Waals surface area contributed by atoms with Crippen LogP contribution in [0.25, 0.3) is 21.3 Å². The minimum absolute atomic E-state index is 0.191. The number of nitrogens with two attached hydrogens (primary N) is 1. The van der Waals surface area contributed by atoms with Crippen molar-refractivity contribution >= 4 is 49.1 Å². The highest BCUT2D eigenvalue weighted by atomic mass is 32.1. The first-order chi connectivity index (χ1) is 13.5. The van der Waals surface area contributed by atoms with Crippen molar-refractivity contribution in [3.8, 4) is 0 Å². The van der Waals surface area contributed by atoms with E-state index < -0.39 is 5.13 Å². The molecule has 10 nitrogen and oxygen atoms in total. The summed E-state index contributed by atoms with van der Waals surface area (Å²) in [5.74, 6) is 0. The molecule has 0 bridgehead atoms. The molecule has 5 heterocycles. The van der Waals surface area contributed by atoms with Crippen molar-refractivity contribution in [2.45, 2.75) is 13.0 Å². The summed E-state index contributed by atoms with van der Waals surface area (Å²) in [4.78, 5) is 21.5. The SMILES string of the molecule is Cn1c2nc(Cc3nc(N)sc3F)sc2c2cnn(Cc3cn[nH]n3)c(=O)c21. The van der Waals surface area contributed by atoms with E-state index in [1.165, 1.54) is 16.0 Å². The summed E-state index contributed by atoms with van der Waals surface area (Å²) < 4.78 is 17.7. The highest BCUT2D eigenvalue weighted by Gasteiger charge is 2.20. The van der Waals surface area contributed by atoms with Crippen molar-refractivity contribution < 1.29 is 4.39 Å². The third-order valence-corrected chi connectivity index (χ3v) is 6.12. The van der Waals surface area contributed by atoms with Crippen LogP contribution in [0.15, 0.2) is 17.2 Å². The molecule has 0 saturated heterocycles. The van der Waals surface area contributed by atoms with Crippen LogP contribution in [0.3, 0.4) is 0 Å². The first-order valence-corrected chi connectivity index (χ1v) is 9.74. The number of hydrogen-bond donors (Lipinski definition) is 2. The summed E-state index contributed by atoms with van der Waals surface area (Å²) in [6.07, 6.45) is 3.43. The Hall–Kier alpha value is -3.19. The lowest BCUT2D eigenvalue weighted by atomic mass is 10.3. The first kappa shape index (κ1) is 16.9. The summed E-state index contributed by atoms with van der Waals surface area (Å²) in [7, 11) is 1.78. The van der Waals surface area contributed by atoms with Crippen LogP contribution in [0.5, 0.6) is 0 Å². The molecule has 0 radical (unpaired) electrons. The van der Waals surface area contributed by atoms with Crippen LogP contribution < -0.4 is 11.3 Å². The van der Waals surface area contributed by atoms with Gasteiger partial charge in [0.05, 0.1) is 29.3 Å². The Morgan fingerprint density at radius 1 is 1.29 bits per heavy atom. The van der Waals surface area contributed by atoms with Gasteiger partial charge in [-0.15, -0.1) is 11.3 Å². The lowest BCUT2D eigenvalue weighted by Gasteiger charge is -2.03. The number of aromatic amines is 1. The highest BCUT2D eigenvalue weighted by molar-refractivity contribution is 7.19. The molecule has 3 N–H and O–H groups in total. The average Bonchev–Trinajstić information content (AvgIpc) is 3.40. The number of hydrogen-bond acceptors (Lipinski definition) is 9. The maximum Gasteiger partial charge on any atom is 0.291 e. The maximum atomic E-state index is 13.8. The Balaban J connectivity index is 1.59. The first-order valence-electron chi connectivity index (χ1n) is 8.10. The largest absolute Gasteiger partial charge is 0.375 e. The van der Waals surface area contributed by atoms with Gasteiger partial charge in [0.25, 0.3) is 5.56 Å². The fourth-order valence-electron chi connectivity index (χ4n) is 3.08. The molecule has 28 heavy (non-hydrogen) atoms. The number of aromatic nitrogens is 8. The van der Waals surface area contributed by atoms with Crippen LogP contribution in [-0.4, -0.2) is 39.7 Å². The zero-order valence-corrected chi connectivity index (χ0v) is 16.0. The fourth-order valence-corrected chi connectivity index (χ4v) is 4.76. The predicted molar refractivity (Wildman–Crippen MR) is 103 cm³/mol. The number of H-pyrrole nitrogens is 1. The van der Waals surface area contributed by atoms with Crippen LogP contribution in [0.2, 0.25) is 0 Å². The molecule has 0 fully saturated rings. The summed E-state index contributed by atoms with van der Waals surface area (Å²) in [5, 5.41) is 15.6. The molecule has 5 aromatic heterocycles. The molecule has 0 aromatic carbocycles. The van der Waals surface area contributed by atoms with E-state index in [4.69, 9.17) is 5.73 Å². The molecule has 0 atom stereocenters. The van der Waals surface area contributed by atoms with E-state index in [9.17, 15) is 9.18 Å². The molecule has 142 valence electrons. The van der Waals surface area contributed by atoms with Gasteiger partial charge in [0.1, 0.15) is 16.2 Å². The molecular formula is C15H12FN9OS2. The topological polar surface area (TPSA) is 133 Å². The number of halogens is 1. The normalized spacial score (nSPS) is 11.8. The standard InChI is InChI=1S/C15H12FN9OS2/c1-24-10-7(4-19-25(14(10)26)5-6-3-18-23-22-6)11-13(24)21-9(27-11)2-8-12(16)28-15(17)20-8/h3-4H,2,5H2,1H3,(H2,17,20)(H,18,22,23). The van der Waals surface area contributed by atoms with Crippen molar-refractivity contribution in [2.24, 2.45) is 7.05 Å². The van der Waals surface area contributed by atoms with E-state index in [1.54, 1.807) is 24.0 Å². The predicted octanol–water partition coefficient (Wildman–Crippen LogP) is 1.28. The van der Waals surface area contributed by atoms with Crippen LogP contribution in [0.4, 0.5) is 9.52 Å². The number of rotatable bonds is 4. The Morgan fingerprint density at radius 3 is 2.86 bits per heavy atom. The van der Waals surface area contributed by atoms with Gasteiger partial charge in [0.2, 0.25) is 5.13 Å². The number of fused-ring (bicyclic) bond motifs is 3. The molecule has 0 amide bonds. The minimum atomic E-state index is -0.404. The number of anilines is 1. The van der Waals surface area contributed by atoms with Crippen molar-refractivity contribution in [3.05, 3.63) is 44.3 Å². The van der Waals surface area contributed by atoms with Gasteiger partial charge in [-0.3, -0.25) is 4.79 Å². The van der Waals surface area contributed by atoms with E-state index in [-0.39, 0.29) is 29.4 Å². The number of thiazole rings is 2. The molecule has 0 spiro atoms. The molecular weight excluding hydrogens is 405 g/mol. The minimum Gasteiger partial charge on any atom is -0.375 e. The second-order valence-corrected chi connectivity index (χ2v) is 8.16. The smallest absolute Gasteiger partial charge is 0.291 e. The molecule has 0 saturated carbocycles. The van der Waals surface area contributed by atoms with Crippen LogP contribution in [-0.2, 0) is 20.0 Å². The molecule has 0 aliphatic heterocycles. The van der Waals surface area contributed by atoms with Crippen molar-refractivity contribution in [1.82, 2.24) is 39.7 Å². The Labute approximate surface area is 163 Å². The van der Waals surface area contributed by atoms with Gasteiger partial charge in [-0.1, -0.05) is 11.3 Å².